The third-order valence-electron chi connectivity index (χ3n) is 6.04. The largest absolute Gasteiger partial charge is 0.339 e. The second-order valence-corrected chi connectivity index (χ2v) is 9.62. The van der Waals surface area contributed by atoms with Crippen LogP contribution in [0.2, 0.25) is 0 Å². The van der Waals surface area contributed by atoms with Gasteiger partial charge in [0.1, 0.15) is 0 Å². The first-order valence-electron chi connectivity index (χ1n) is 11.4. The van der Waals surface area contributed by atoms with Gasteiger partial charge in [0.15, 0.2) is 0 Å². The Morgan fingerprint density at radius 1 is 0.812 bits per heavy atom. The van der Waals surface area contributed by atoms with Crippen molar-refractivity contribution in [1.82, 2.24) is 9.80 Å². The van der Waals surface area contributed by atoms with E-state index in [2.05, 4.69) is 97.6 Å². The van der Waals surface area contributed by atoms with Crippen molar-refractivity contribution in [3.05, 3.63) is 107 Å². The van der Waals surface area contributed by atoms with Gasteiger partial charge in [0.05, 0.1) is 11.8 Å². The van der Waals surface area contributed by atoms with Crippen molar-refractivity contribution in [2.75, 3.05) is 31.9 Å². The first kappa shape index (κ1) is 22.6. The predicted octanol–water partition coefficient (Wildman–Crippen LogP) is 5.47. The Morgan fingerprint density at radius 3 is 1.88 bits per heavy atom. The zero-order chi connectivity index (χ0) is 22.3. The third-order valence-corrected chi connectivity index (χ3v) is 7.03. The van der Waals surface area contributed by atoms with Gasteiger partial charge in [-0.2, -0.15) is 0 Å². The number of amides is 1. The fourth-order valence-corrected chi connectivity index (χ4v) is 5.48. The van der Waals surface area contributed by atoms with Crippen LogP contribution in [0.3, 0.4) is 0 Å². The molecule has 1 saturated heterocycles. The molecule has 0 unspecified atom stereocenters. The molecule has 0 atom stereocenters. The van der Waals surface area contributed by atoms with E-state index in [1.165, 1.54) is 27.8 Å². The lowest BCUT2D eigenvalue weighted by Crippen LogP contribution is -2.50. The van der Waals surface area contributed by atoms with E-state index in [1.807, 2.05) is 4.90 Å². The molecule has 0 bridgehead atoms. The van der Waals surface area contributed by atoms with Crippen LogP contribution < -0.4 is 0 Å². The van der Waals surface area contributed by atoms with Crippen molar-refractivity contribution in [1.29, 1.82) is 0 Å². The zero-order valence-corrected chi connectivity index (χ0v) is 19.9. The molecule has 3 aromatic carbocycles. The minimum Gasteiger partial charge on any atom is -0.339 e. The maximum absolute atomic E-state index is 12.8. The van der Waals surface area contributed by atoms with Gasteiger partial charge in [0.2, 0.25) is 5.91 Å². The van der Waals surface area contributed by atoms with Gasteiger partial charge in [-0.25, -0.2) is 0 Å². The number of nitrogens with zero attached hydrogens (tertiary/aromatic N) is 2. The molecule has 3 aromatic rings. The Labute approximate surface area is 196 Å². The molecule has 0 spiro atoms. The zero-order valence-electron chi connectivity index (χ0n) is 19.0. The monoisotopic (exact) mass is 444 g/mol. The maximum Gasteiger partial charge on any atom is 0.232 e. The molecule has 1 heterocycles. The molecule has 0 radical (unpaired) electrons. The van der Waals surface area contributed by atoms with Gasteiger partial charge < -0.3 is 4.90 Å². The van der Waals surface area contributed by atoms with E-state index in [0.717, 1.165) is 31.9 Å². The topological polar surface area (TPSA) is 23.6 Å². The summed E-state index contributed by atoms with van der Waals surface area (Å²) in [5, 5.41) is 0. The lowest BCUT2D eigenvalue weighted by atomic mass is 9.96. The number of hydrogen-bond donors (Lipinski definition) is 0. The van der Waals surface area contributed by atoms with E-state index in [9.17, 15) is 4.79 Å². The predicted molar refractivity (Wildman–Crippen MR) is 135 cm³/mol. The van der Waals surface area contributed by atoms with Gasteiger partial charge >= 0.3 is 0 Å². The summed E-state index contributed by atoms with van der Waals surface area (Å²) in [4.78, 5) is 17.4. The molecular formula is C28H32N2OS. The van der Waals surface area contributed by atoms with Crippen LogP contribution in [-0.4, -0.2) is 47.6 Å². The normalized spacial score (nSPS) is 14.7. The van der Waals surface area contributed by atoms with Gasteiger partial charge in [0.25, 0.3) is 0 Å². The minimum absolute atomic E-state index is 0.230. The first-order chi connectivity index (χ1) is 15.6. The van der Waals surface area contributed by atoms with E-state index in [-0.39, 0.29) is 11.9 Å². The van der Waals surface area contributed by atoms with Crippen molar-refractivity contribution in [2.24, 2.45) is 0 Å². The quantitative estimate of drug-likeness (QED) is 0.483. The Kier molecular flexibility index (Phi) is 7.67. The molecule has 1 fully saturated rings. The number of carbonyl (C=O) groups is 1. The summed E-state index contributed by atoms with van der Waals surface area (Å²) < 4.78 is 0. The summed E-state index contributed by atoms with van der Waals surface area (Å²) in [6.45, 7) is 7.62. The Balaban J connectivity index is 1.33. The number of thioether (sulfide) groups is 1. The van der Waals surface area contributed by atoms with Crippen molar-refractivity contribution in [2.45, 2.75) is 25.6 Å². The van der Waals surface area contributed by atoms with E-state index < -0.39 is 0 Å². The van der Waals surface area contributed by atoms with Crippen LogP contribution in [0.25, 0.3) is 0 Å². The molecule has 0 aromatic heterocycles. The standard InChI is InChI=1S/C28H32N2OS/c1-22-17-23(2)19-24(18-22)20-32-21-27(31)29-13-15-30(16-14-29)28(25-9-5-3-6-10-25)26-11-7-4-8-12-26/h3-12,17-19,28H,13-16,20-21H2,1-2H3. The summed E-state index contributed by atoms with van der Waals surface area (Å²) in [5.74, 6) is 1.70. The SMILES string of the molecule is Cc1cc(C)cc(CSCC(=O)N2CCN(C(c3ccccc3)c3ccccc3)CC2)c1. The molecule has 4 heteroatoms. The number of benzene rings is 3. The molecular weight excluding hydrogens is 412 g/mol. The van der Waals surface area contributed by atoms with E-state index in [1.54, 1.807) is 11.8 Å². The average molecular weight is 445 g/mol. The summed E-state index contributed by atoms with van der Waals surface area (Å²) in [7, 11) is 0. The van der Waals surface area contributed by atoms with Crippen molar-refractivity contribution in [3.8, 4) is 0 Å². The molecule has 166 valence electrons. The van der Waals surface area contributed by atoms with Gasteiger partial charge in [-0.1, -0.05) is 90.0 Å². The molecule has 32 heavy (non-hydrogen) atoms. The second-order valence-electron chi connectivity index (χ2n) is 8.63. The smallest absolute Gasteiger partial charge is 0.232 e. The third kappa shape index (κ3) is 5.81. The van der Waals surface area contributed by atoms with Crippen LogP contribution in [0.15, 0.2) is 78.9 Å². The van der Waals surface area contributed by atoms with Crippen LogP contribution in [-0.2, 0) is 10.5 Å². The molecule has 0 saturated carbocycles. The van der Waals surface area contributed by atoms with Crippen LogP contribution in [0.4, 0.5) is 0 Å². The number of carbonyl (C=O) groups excluding carboxylic acids is 1. The summed E-state index contributed by atoms with van der Waals surface area (Å²) >= 11 is 1.72. The average Bonchev–Trinajstić information content (AvgIpc) is 2.80. The Hall–Kier alpha value is -2.56. The lowest BCUT2D eigenvalue weighted by Gasteiger charge is -2.39. The Bertz CT molecular complexity index is 954. The van der Waals surface area contributed by atoms with Crippen LogP contribution in [0, 0.1) is 13.8 Å². The molecule has 1 aliphatic rings. The molecule has 4 rings (SSSR count). The minimum atomic E-state index is 0.230. The number of piperazine rings is 1. The summed E-state index contributed by atoms with van der Waals surface area (Å²) in [6.07, 6.45) is 0. The van der Waals surface area contributed by atoms with Gasteiger partial charge in [-0.3, -0.25) is 9.69 Å². The fraction of sp³-hybridized carbons (Fsp3) is 0.321. The van der Waals surface area contributed by atoms with Crippen molar-refractivity contribution < 1.29 is 4.79 Å². The van der Waals surface area contributed by atoms with Crippen LogP contribution >= 0.6 is 11.8 Å². The molecule has 0 N–H and O–H groups in total. The highest BCUT2D eigenvalue weighted by Crippen LogP contribution is 2.29. The second kappa shape index (κ2) is 10.8. The molecule has 1 amide bonds. The molecule has 0 aliphatic carbocycles. The Morgan fingerprint density at radius 2 is 1.34 bits per heavy atom. The fourth-order valence-electron chi connectivity index (χ4n) is 4.61. The van der Waals surface area contributed by atoms with Gasteiger partial charge in [0, 0.05) is 31.9 Å². The van der Waals surface area contributed by atoms with Crippen LogP contribution in [0.5, 0.6) is 0 Å². The number of rotatable bonds is 7. The van der Waals surface area contributed by atoms with Gasteiger partial charge in [-0.15, -0.1) is 11.8 Å². The van der Waals surface area contributed by atoms with Crippen molar-refractivity contribution >= 4 is 17.7 Å². The van der Waals surface area contributed by atoms with E-state index >= 15 is 0 Å². The number of hydrogen-bond acceptors (Lipinski definition) is 3. The number of aryl methyl sites for hydroxylation is 2. The van der Waals surface area contributed by atoms with Crippen LogP contribution in [0.1, 0.15) is 33.9 Å². The maximum atomic E-state index is 12.8. The van der Waals surface area contributed by atoms with E-state index in [4.69, 9.17) is 0 Å². The highest BCUT2D eigenvalue weighted by Gasteiger charge is 2.27. The van der Waals surface area contributed by atoms with E-state index in [0.29, 0.717) is 5.75 Å². The highest BCUT2D eigenvalue weighted by atomic mass is 32.2. The lowest BCUT2D eigenvalue weighted by molar-refractivity contribution is -0.130. The van der Waals surface area contributed by atoms with Gasteiger partial charge in [-0.05, 0) is 30.5 Å². The summed E-state index contributed by atoms with van der Waals surface area (Å²) in [6, 6.07) is 28.3. The van der Waals surface area contributed by atoms with Crippen molar-refractivity contribution in [3.63, 3.8) is 0 Å². The molecule has 3 nitrogen and oxygen atoms in total. The summed E-state index contributed by atoms with van der Waals surface area (Å²) in [5.41, 5.74) is 6.49. The molecule has 1 aliphatic heterocycles. The first-order valence-corrected chi connectivity index (χ1v) is 12.5. The highest BCUT2D eigenvalue weighted by molar-refractivity contribution is 7.99.